The average Bonchev–Trinajstić information content (AvgIpc) is 2.47. The van der Waals surface area contributed by atoms with Gasteiger partial charge in [0.05, 0.1) is 5.56 Å². The van der Waals surface area contributed by atoms with Crippen LogP contribution in [0.3, 0.4) is 0 Å². The minimum Gasteiger partial charge on any atom is -0.487 e. The molecular formula is C17H14F2O2. The second-order valence-corrected chi connectivity index (χ2v) is 4.48. The number of halogens is 2. The summed E-state index contributed by atoms with van der Waals surface area (Å²) in [7, 11) is 0. The van der Waals surface area contributed by atoms with Crippen molar-refractivity contribution in [3.05, 3.63) is 64.7 Å². The number of aliphatic hydroxyl groups is 1. The van der Waals surface area contributed by atoms with E-state index in [9.17, 15) is 8.78 Å². The number of hydrogen-bond donors (Lipinski definition) is 1. The molecule has 0 saturated carbocycles. The zero-order valence-electron chi connectivity index (χ0n) is 11.5. The minimum atomic E-state index is -0.522. The van der Waals surface area contributed by atoms with Crippen molar-refractivity contribution in [1.29, 1.82) is 0 Å². The molecule has 0 aromatic heterocycles. The molecule has 2 aromatic carbocycles. The highest BCUT2D eigenvalue weighted by Crippen LogP contribution is 2.21. The van der Waals surface area contributed by atoms with Gasteiger partial charge in [0.1, 0.15) is 30.6 Å². The van der Waals surface area contributed by atoms with Gasteiger partial charge in [0.25, 0.3) is 0 Å². The first-order valence-electron chi connectivity index (χ1n) is 6.37. The molecule has 1 N–H and O–H groups in total. The fourth-order valence-electron chi connectivity index (χ4n) is 1.81. The van der Waals surface area contributed by atoms with Crippen molar-refractivity contribution in [2.45, 2.75) is 13.5 Å². The zero-order chi connectivity index (χ0) is 15.2. The van der Waals surface area contributed by atoms with Gasteiger partial charge in [0.2, 0.25) is 0 Å². The maximum absolute atomic E-state index is 13.5. The summed E-state index contributed by atoms with van der Waals surface area (Å²) in [4.78, 5) is 0. The van der Waals surface area contributed by atoms with Gasteiger partial charge in [0.15, 0.2) is 0 Å². The van der Waals surface area contributed by atoms with Crippen LogP contribution in [-0.2, 0) is 6.61 Å². The van der Waals surface area contributed by atoms with E-state index in [0.29, 0.717) is 11.3 Å². The highest BCUT2D eigenvalue weighted by atomic mass is 19.1. The average molecular weight is 288 g/mol. The molecule has 0 amide bonds. The van der Waals surface area contributed by atoms with Crippen molar-refractivity contribution in [3.63, 3.8) is 0 Å². The summed E-state index contributed by atoms with van der Waals surface area (Å²) in [6.07, 6.45) is 0. The zero-order valence-corrected chi connectivity index (χ0v) is 11.5. The van der Waals surface area contributed by atoms with E-state index in [-0.39, 0.29) is 18.8 Å². The molecule has 4 heteroatoms. The number of hydrogen-bond acceptors (Lipinski definition) is 2. The first-order chi connectivity index (χ1) is 10.1. The van der Waals surface area contributed by atoms with Gasteiger partial charge < -0.3 is 9.84 Å². The molecule has 2 rings (SSSR count). The van der Waals surface area contributed by atoms with E-state index in [2.05, 4.69) is 11.8 Å². The lowest BCUT2D eigenvalue weighted by molar-refractivity contribution is 0.298. The highest BCUT2D eigenvalue weighted by molar-refractivity contribution is 5.48. The SMILES string of the molecule is Cc1ccc(OCc2cc(F)ccc2F)c(C#CCO)c1. The Balaban J connectivity index is 2.21. The fraction of sp³-hybridized carbons (Fsp3) is 0.176. The molecule has 0 radical (unpaired) electrons. The molecule has 0 saturated heterocycles. The molecule has 2 nitrogen and oxygen atoms in total. The summed E-state index contributed by atoms with van der Waals surface area (Å²) in [5.74, 6) is 4.74. The summed E-state index contributed by atoms with van der Waals surface area (Å²) >= 11 is 0. The number of benzene rings is 2. The monoisotopic (exact) mass is 288 g/mol. The maximum Gasteiger partial charge on any atom is 0.135 e. The molecule has 108 valence electrons. The maximum atomic E-state index is 13.5. The Morgan fingerprint density at radius 2 is 1.95 bits per heavy atom. The molecule has 0 aliphatic carbocycles. The predicted molar refractivity (Wildman–Crippen MR) is 75.8 cm³/mol. The van der Waals surface area contributed by atoms with Gasteiger partial charge in [0, 0.05) is 5.56 Å². The topological polar surface area (TPSA) is 29.5 Å². The largest absolute Gasteiger partial charge is 0.487 e. The molecule has 0 unspecified atom stereocenters. The van der Waals surface area contributed by atoms with E-state index in [0.717, 1.165) is 23.8 Å². The van der Waals surface area contributed by atoms with E-state index in [1.165, 1.54) is 0 Å². The van der Waals surface area contributed by atoms with E-state index in [1.807, 2.05) is 13.0 Å². The van der Waals surface area contributed by atoms with Gasteiger partial charge in [-0.15, -0.1) is 0 Å². The third-order valence-corrected chi connectivity index (χ3v) is 2.83. The van der Waals surface area contributed by atoms with E-state index < -0.39 is 11.6 Å². The second-order valence-electron chi connectivity index (χ2n) is 4.48. The van der Waals surface area contributed by atoms with Crippen LogP contribution in [0.25, 0.3) is 0 Å². The van der Waals surface area contributed by atoms with Gasteiger partial charge in [-0.25, -0.2) is 8.78 Å². The van der Waals surface area contributed by atoms with Crippen molar-refractivity contribution in [3.8, 4) is 17.6 Å². The Morgan fingerprint density at radius 1 is 1.14 bits per heavy atom. The molecule has 21 heavy (non-hydrogen) atoms. The Bertz CT molecular complexity index is 700. The summed E-state index contributed by atoms with van der Waals surface area (Å²) in [6, 6.07) is 8.58. The molecule has 2 aromatic rings. The lowest BCUT2D eigenvalue weighted by atomic mass is 10.1. The normalized spacial score (nSPS) is 9.90. The van der Waals surface area contributed by atoms with Gasteiger partial charge in [-0.2, -0.15) is 0 Å². The Kier molecular flexibility index (Phi) is 4.91. The van der Waals surface area contributed by atoms with Crippen LogP contribution in [0.15, 0.2) is 36.4 Å². The standard InChI is InChI=1S/C17H14F2O2/c1-12-4-7-17(13(9-12)3-2-8-20)21-11-14-10-15(18)5-6-16(14)19/h4-7,9-10,20H,8,11H2,1H3. The molecular weight excluding hydrogens is 274 g/mol. The highest BCUT2D eigenvalue weighted by Gasteiger charge is 2.07. The quantitative estimate of drug-likeness (QED) is 0.879. The smallest absolute Gasteiger partial charge is 0.135 e. The molecule has 0 aliphatic heterocycles. The third-order valence-electron chi connectivity index (χ3n) is 2.83. The summed E-state index contributed by atoms with van der Waals surface area (Å²) in [5.41, 5.74) is 1.72. The lowest BCUT2D eigenvalue weighted by Crippen LogP contribution is -2.01. The molecule has 0 bridgehead atoms. The molecule has 0 heterocycles. The Labute approximate surface area is 122 Å². The van der Waals surface area contributed by atoms with Gasteiger partial charge in [-0.1, -0.05) is 17.9 Å². The van der Waals surface area contributed by atoms with Crippen LogP contribution in [0.4, 0.5) is 8.78 Å². The van der Waals surface area contributed by atoms with Crippen molar-refractivity contribution >= 4 is 0 Å². The van der Waals surface area contributed by atoms with Crippen LogP contribution in [-0.4, -0.2) is 11.7 Å². The van der Waals surface area contributed by atoms with Crippen molar-refractivity contribution in [1.82, 2.24) is 0 Å². The molecule has 0 fully saturated rings. The van der Waals surface area contributed by atoms with E-state index in [1.54, 1.807) is 12.1 Å². The summed E-state index contributed by atoms with van der Waals surface area (Å²) in [6.45, 7) is 1.55. The minimum absolute atomic E-state index is 0.0968. The number of ether oxygens (including phenoxy) is 1. The van der Waals surface area contributed by atoms with E-state index >= 15 is 0 Å². The van der Waals surface area contributed by atoms with Crippen molar-refractivity contribution in [2.24, 2.45) is 0 Å². The first-order valence-corrected chi connectivity index (χ1v) is 6.37. The third kappa shape index (κ3) is 4.04. The number of aryl methyl sites for hydroxylation is 1. The van der Waals surface area contributed by atoms with Crippen LogP contribution in [0.1, 0.15) is 16.7 Å². The second kappa shape index (κ2) is 6.87. The van der Waals surface area contributed by atoms with Crippen LogP contribution in [0.5, 0.6) is 5.75 Å². The van der Waals surface area contributed by atoms with Crippen molar-refractivity contribution < 1.29 is 18.6 Å². The van der Waals surface area contributed by atoms with Crippen LogP contribution in [0, 0.1) is 30.4 Å². The molecule has 0 spiro atoms. The van der Waals surface area contributed by atoms with Crippen LogP contribution >= 0.6 is 0 Å². The predicted octanol–water partition coefficient (Wildman–Crippen LogP) is 3.20. The van der Waals surface area contributed by atoms with Gasteiger partial charge in [-0.3, -0.25) is 0 Å². The number of aliphatic hydroxyl groups excluding tert-OH is 1. The first kappa shape index (κ1) is 15.0. The summed E-state index contributed by atoms with van der Waals surface area (Å²) in [5, 5.41) is 8.76. The van der Waals surface area contributed by atoms with Crippen LogP contribution in [0.2, 0.25) is 0 Å². The molecule has 0 aliphatic rings. The Hall–Kier alpha value is -2.38. The fourth-order valence-corrected chi connectivity index (χ4v) is 1.81. The van der Waals surface area contributed by atoms with E-state index in [4.69, 9.17) is 9.84 Å². The number of rotatable bonds is 3. The summed E-state index contributed by atoms with van der Waals surface area (Å²) < 4.78 is 32.2. The Morgan fingerprint density at radius 3 is 2.71 bits per heavy atom. The van der Waals surface area contributed by atoms with Gasteiger partial charge >= 0.3 is 0 Å². The van der Waals surface area contributed by atoms with Crippen LogP contribution < -0.4 is 4.74 Å². The lowest BCUT2D eigenvalue weighted by Gasteiger charge is -2.10. The van der Waals surface area contributed by atoms with Crippen molar-refractivity contribution in [2.75, 3.05) is 6.61 Å². The van der Waals surface area contributed by atoms with Gasteiger partial charge in [-0.05, 0) is 42.8 Å². The molecule has 0 atom stereocenters.